The molecule has 0 spiro atoms. The van der Waals surface area contributed by atoms with Gasteiger partial charge < -0.3 is 4.57 Å². The fourth-order valence-corrected chi connectivity index (χ4v) is 3.03. The number of nitrogens with zero attached hydrogens (tertiary/aromatic N) is 2. The van der Waals surface area contributed by atoms with E-state index in [4.69, 9.17) is 0 Å². The fraction of sp³-hybridized carbons (Fsp3) is 0.533. The summed E-state index contributed by atoms with van der Waals surface area (Å²) >= 11 is 0. The summed E-state index contributed by atoms with van der Waals surface area (Å²) < 4.78 is 27.5. The lowest BCUT2D eigenvalue weighted by Gasteiger charge is -2.36. The highest BCUT2D eigenvalue weighted by Gasteiger charge is 2.30. The van der Waals surface area contributed by atoms with Crippen LogP contribution in [0.2, 0.25) is 0 Å². The van der Waals surface area contributed by atoms with E-state index in [1.54, 1.807) is 6.07 Å². The van der Waals surface area contributed by atoms with E-state index >= 15 is 0 Å². The molecule has 0 unspecified atom stereocenters. The Morgan fingerprint density at radius 1 is 1.37 bits per heavy atom. The highest BCUT2D eigenvalue weighted by atomic mass is 19.3. The Hall–Kier alpha value is -1.45. The van der Waals surface area contributed by atoms with E-state index in [9.17, 15) is 8.78 Å². The quantitative estimate of drug-likeness (QED) is 0.809. The smallest absolute Gasteiger partial charge is 0.242 e. The van der Waals surface area contributed by atoms with Gasteiger partial charge in [-0.1, -0.05) is 25.5 Å². The van der Waals surface area contributed by atoms with Crippen molar-refractivity contribution in [3.63, 3.8) is 0 Å². The van der Waals surface area contributed by atoms with E-state index in [-0.39, 0.29) is 6.42 Å². The largest absolute Gasteiger partial charge is 0.327 e. The summed E-state index contributed by atoms with van der Waals surface area (Å²) in [5, 5.41) is 0. The number of alkyl halides is 2. The van der Waals surface area contributed by atoms with Crippen molar-refractivity contribution in [3.05, 3.63) is 30.1 Å². The summed E-state index contributed by atoms with van der Waals surface area (Å²) in [4.78, 5) is 4.36. The van der Waals surface area contributed by atoms with Crippen LogP contribution in [-0.4, -0.2) is 16.0 Å². The molecule has 1 aromatic carbocycles. The second kappa shape index (κ2) is 4.91. The minimum atomic E-state index is -2.31. The number of imidazole rings is 1. The van der Waals surface area contributed by atoms with Crippen molar-refractivity contribution in [1.29, 1.82) is 0 Å². The molecule has 0 N–H and O–H groups in total. The topological polar surface area (TPSA) is 17.8 Å². The van der Waals surface area contributed by atoms with Crippen molar-refractivity contribution in [2.75, 3.05) is 0 Å². The van der Waals surface area contributed by atoms with E-state index in [2.05, 4.69) is 16.5 Å². The first kappa shape index (κ1) is 12.6. The molecule has 1 aromatic heterocycles. The van der Waals surface area contributed by atoms with E-state index in [1.165, 1.54) is 6.42 Å². The van der Waals surface area contributed by atoms with Crippen LogP contribution in [-0.2, 0) is 6.42 Å². The lowest BCUT2D eigenvalue weighted by molar-refractivity contribution is 0.149. The van der Waals surface area contributed by atoms with Crippen LogP contribution in [0.5, 0.6) is 0 Å². The van der Waals surface area contributed by atoms with Crippen LogP contribution in [0.3, 0.4) is 0 Å². The molecule has 0 saturated heterocycles. The second-order valence-electron chi connectivity index (χ2n) is 5.43. The molecule has 2 aromatic rings. The summed E-state index contributed by atoms with van der Waals surface area (Å²) in [7, 11) is 0. The lowest BCUT2D eigenvalue weighted by Crippen LogP contribution is -2.26. The second-order valence-corrected chi connectivity index (χ2v) is 5.43. The Morgan fingerprint density at radius 3 is 2.84 bits per heavy atom. The normalized spacial score (nSPS) is 22.9. The number of para-hydroxylation sites is 1. The van der Waals surface area contributed by atoms with Gasteiger partial charge in [0.2, 0.25) is 6.43 Å². The first-order chi connectivity index (χ1) is 9.19. The van der Waals surface area contributed by atoms with Crippen LogP contribution in [0.15, 0.2) is 24.5 Å². The molecule has 102 valence electrons. The Labute approximate surface area is 111 Å². The number of halogens is 2. The van der Waals surface area contributed by atoms with Gasteiger partial charge in [-0.25, -0.2) is 13.8 Å². The SMILES string of the molecule is CCC1CC(n2cnc3cccc(CC(F)F)c32)C1. The van der Waals surface area contributed by atoms with Crippen molar-refractivity contribution < 1.29 is 8.78 Å². The van der Waals surface area contributed by atoms with Crippen LogP contribution >= 0.6 is 0 Å². The zero-order valence-electron chi connectivity index (χ0n) is 11.0. The molecule has 1 fully saturated rings. The predicted molar refractivity (Wildman–Crippen MR) is 71.5 cm³/mol. The molecule has 0 amide bonds. The van der Waals surface area contributed by atoms with Gasteiger partial charge in [0.15, 0.2) is 0 Å². The van der Waals surface area contributed by atoms with Gasteiger partial charge in [0.1, 0.15) is 0 Å². The molecule has 0 aliphatic heterocycles. The minimum absolute atomic E-state index is 0.188. The molecule has 19 heavy (non-hydrogen) atoms. The van der Waals surface area contributed by atoms with E-state index in [0.717, 1.165) is 29.8 Å². The summed E-state index contributed by atoms with van der Waals surface area (Å²) in [6.45, 7) is 2.20. The van der Waals surface area contributed by atoms with Gasteiger partial charge in [0.05, 0.1) is 17.4 Å². The van der Waals surface area contributed by atoms with Crippen molar-refractivity contribution >= 4 is 11.0 Å². The molecule has 1 heterocycles. The number of hydrogen-bond acceptors (Lipinski definition) is 1. The molecule has 0 bridgehead atoms. The van der Waals surface area contributed by atoms with Gasteiger partial charge in [0.25, 0.3) is 0 Å². The maximum atomic E-state index is 12.7. The van der Waals surface area contributed by atoms with Crippen LogP contribution < -0.4 is 0 Å². The molecule has 3 rings (SSSR count). The van der Waals surface area contributed by atoms with Crippen molar-refractivity contribution in [2.45, 2.75) is 45.1 Å². The number of fused-ring (bicyclic) bond motifs is 1. The molecule has 0 atom stereocenters. The monoisotopic (exact) mass is 264 g/mol. The van der Waals surface area contributed by atoms with Gasteiger partial charge in [-0.3, -0.25) is 0 Å². The lowest BCUT2D eigenvalue weighted by atomic mass is 9.78. The van der Waals surface area contributed by atoms with Crippen molar-refractivity contribution in [1.82, 2.24) is 9.55 Å². The molecular weight excluding hydrogens is 246 g/mol. The first-order valence-electron chi connectivity index (χ1n) is 6.91. The average molecular weight is 264 g/mol. The van der Waals surface area contributed by atoms with Gasteiger partial charge in [0, 0.05) is 12.5 Å². The Balaban J connectivity index is 1.96. The third-order valence-electron chi connectivity index (χ3n) is 4.23. The van der Waals surface area contributed by atoms with Crippen LogP contribution in [0.1, 0.15) is 37.8 Å². The Kier molecular flexibility index (Phi) is 3.25. The van der Waals surface area contributed by atoms with Crippen LogP contribution in [0.4, 0.5) is 8.78 Å². The van der Waals surface area contributed by atoms with Gasteiger partial charge in [-0.15, -0.1) is 0 Å². The molecule has 2 nitrogen and oxygen atoms in total. The van der Waals surface area contributed by atoms with Gasteiger partial charge >= 0.3 is 0 Å². The third kappa shape index (κ3) is 2.24. The molecule has 1 aliphatic carbocycles. The zero-order valence-corrected chi connectivity index (χ0v) is 11.0. The average Bonchev–Trinajstić information content (AvgIpc) is 2.72. The highest BCUT2D eigenvalue weighted by molar-refractivity contribution is 5.79. The third-order valence-corrected chi connectivity index (χ3v) is 4.23. The maximum Gasteiger partial charge on any atom is 0.242 e. The fourth-order valence-electron chi connectivity index (χ4n) is 3.03. The number of hydrogen-bond donors (Lipinski definition) is 0. The first-order valence-corrected chi connectivity index (χ1v) is 6.91. The zero-order chi connectivity index (χ0) is 13.4. The standard InChI is InChI=1S/C15H18F2N2/c1-2-10-6-12(7-10)19-9-18-13-5-3-4-11(15(13)19)8-14(16)17/h3-5,9-10,12,14H,2,6-8H2,1H3. The maximum absolute atomic E-state index is 12.7. The number of benzene rings is 1. The summed E-state index contributed by atoms with van der Waals surface area (Å²) in [5.41, 5.74) is 2.45. The van der Waals surface area contributed by atoms with E-state index in [1.807, 2.05) is 18.5 Å². The molecule has 1 aliphatic rings. The molecule has 1 saturated carbocycles. The minimum Gasteiger partial charge on any atom is -0.327 e. The number of aromatic nitrogens is 2. The Bertz CT molecular complexity index is 571. The summed E-state index contributed by atoms with van der Waals surface area (Å²) in [5.74, 6) is 0.782. The van der Waals surface area contributed by atoms with Gasteiger partial charge in [-0.05, 0) is 30.4 Å². The van der Waals surface area contributed by atoms with Crippen molar-refractivity contribution in [2.24, 2.45) is 5.92 Å². The van der Waals surface area contributed by atoms with E-state index < -0.39 is 6.43 Å². The number of rotatable bonds is 4. The van der Waals surface area contributed by atoms with Crippen LogP contribution in [0, 0.1) is 5.92 Å². The van der Waals surface area contributed by atoms with Crippen molar-refractivity contribution in [3.8, 4) is 0 Å². The molecule has 4 heteroatoms. The predicted octanol–water partition coefficient (Wildman–Crippen LogP) is 4.21. The summed E-state index contributed by atoms with van der Waals surface area (Å²) in [6.07, 6.45) is 2.81. The molecule has 0 radical (unpaired) electrons. The summed E-state index contributed by atoms with van der Waals surface area (Å²) in [6, 6.07) is 5.95. The van der Waals surface area contributed by atoms with Gasteiger partial charge in [-0.2, -0.15) is 0 Å². The molecular formula is C15H18F2N2. The Morgan fingerprint density at radius 2 is 2.16 bits per heavy atom. The highest BCUT2D eigenvalue weighted by Crippen LogP contribution is 2.41. The van der Waals surface area contributed by atoms with Crippen LogP contribution in [0.25, 0.3) is 11.0 Å². The van der Waals surface area contributed by atoms with E-state index in [0.29, 0.717) is 11.6 Å².